The minimum Gasteiger partial charge on any atom is -0.469 e. The van der Waals surface area contributed by atoms with Crippen LogP contribution in [0, 0.1) is 11.3 Å². The maximum atomic E-state index is 11.8. The van der Waals surface area contributed by atoms with E-state index in [4.69, 9.17) is 9.16 Å². The van der Waals surface area contributed by atoms with Crippen LogP contribution in [0.25, 0.3) is 0 Å². The first-order valence-corrected chi connectivity index (χ1v) is 9.79. The molecule has 2 saturated carbocycles. The molecule has 0 saturated heterocycles. The van der Waals surface area contributed by atoms with Gasteiger partial charge in [0.2, 0.25) is 0 Å². The van der Waals surface area contributed by atoms with Crippen LogP contribution in [0.5, 0.6) is 0 Å². The first-order valence-electron chi connectivity index (χ1n) is 6.89. The third-order valence-electron chi connectivity index (χ3n) is 5.23. The van der Waals surface area contributed by atoms with Crippen molar-refractivity contribution in [2.45, 2.75) is 64.3 Å². The van der Waals surface area contributed by atoms with Gasteiger partial charge in [-0.1, -0.05) is 20.8 Å². The molecule has 104 valence electrons. The van der Waals surface area contributed by atoms with E-state index < -0.39 is 8.32 Å². The normalized spacial score (nSPS) is 35.2. The number of methoxy groups -OCH3 is 1. The molecule has 0 aromatic rings. The highest BCUT2D eigenvalue weighted by Crippen LogP contribution is 2.65. The fraction of sp³-hybridized carbons (Fsp3) is 0.929. The highest BCUT2D eigenvalue weighted by molar-refractivity contribution is 6.74. The van der Waals surface area contributed by atoms with Crippen molar-refractivity contribution in [3.05, 3.63) is 0 Å². The van der Waals surface area contributed by atoms with Crippen LogP contribution in [-0.4, -0.2) is 27.5 Å². The van der Waals surface area contributed by atoms with E-state index in [2.05, 4.69) is 33.9 Å². The number of carbonyl (C=O) groups is 1. The second-order valence-corrected chi connectivity index (χ2v) is 12.2. The van der Waals surface area contributed by atoms with E-state index >= 15 is 0 Å². The molecule has 18 heavy (non-hydrogen) atoms. The van der Waals surface area contributed by atoms with Gasteiger partial charge in [0.25, 0.3) is 0 Å². The summed E-state index contributed by atoms with van der Waals surface area (Å²) in [6.45, 7) is 11.3. The van der Waals surface area contributed by atoms with Gasteiger partial charge in [0.1, 0.15) is 0 Å². The van der Waals surface area contributed by atoms with Gasteiger partial charge in [0.05, 0.1) is 12.5 Å². The van der Waals surface area contributed by atoms with Crippen molar-refractivity contribution in [3.63, 3.8) is 0 Å². The van der Waals surface area contributed by atoms with Crippen molar-refractivity contribution in [2.75, 3.05) is 7.11 Å². The molecule has 2 aliphatic carbocycles. The van der Waals surface area contributed by atoms with E-state index in [-0.39, 0.29) is 22.5 Å². The number of fused-ring (bicyclic) bond motifs is 1. The van der Waals surface area contributed by atoms with E-state index in [1.807, 2.05) is 0 Å². The highest BCUT2D eigenvalue weighted by Gasteiger charge is 2.66. The summed E-state index contributed by atoms with van der Waals surface area (Å²) < 4.78 is 11.4. The zero-order chi connectivity index (χ0) is 13.8. The lowest BCUT2D eigenvalue weighted by molar-refractivity contribution is -0.147. The fourth-order valence-electron chi connectivity index (χ4n) is 2.97. The summed E-state index contributed by atoms with van der Waals surface area (Å²) in [4.78, 5) is 11.8. The number of ether oxygens (including phenoxy) is 1. The predicted molar refractivity (Wildman–Crippen MR) is 73.9 cm³/mol. The van der Waals surface area contributed by atoms with Crippen LogP contribution >= 0.6 is 0 Å². The predicted octanol–water partition coefficient (Wildman–Crippen LogP) is 3.35. The Bertz CT molecular complexity index is 359. The smallest absolute Gasteiger partial charge is 0.312 e. The van der Waals surface area contributed by atoms with Gasteiger partial charge in [-0.25, -0.2) is 0 Å². The molecule has 0 aromatic carbocycles. The molecule has 3 atom stereocenters. The van der Waals surface area contributed by atoms with Gasteiger partial charge in [0, 0.05) is 6.10 Å². The van der Waals surface area contributed by atoms with Crippen LogP contribution in [0.2, 0.25) is 18.1 Å². The molecule has 0 spiro atoms. The monoisotopic (exact) mass is 270 g/mol. The average Bonchev–Trinajstić information content (AvgIpc) is 2.79. The van der Waals surface area contributed by atoms with Crippen molar-refractivity contribution in [2.24, 2.45) is 11.3 Å². The van der Waals surface area contributed by atoms with Gasteiger partial charge in [-0.05, 0) is 43.3 Å². The molecule has 0 aromatic heterocycles. The Labute approximate surface area is 111 Å². The lowest BCUT2D eigenvalue weighted by Gasteiger charge is -2.39. The summed E-state index contributed by atoms with van der Waals surface area (Å²) in [7, 11) is -0.214. The van der Waals surface area contributed by atoms with Crippen molar-refractivity contribution < 1.29 is 14.0 Å². The van der Waals surface area contributed by atoms with Crippen LogP contribution in [0.4, 0.5) is 0 Å². The Kier molecular flexibility index (Phi) is 3.18. The minimum atomic E-state index is -1.71. The van der Waals surface area contributed by atoms with Crippen molar-refractivity contribution in [1.82, 2.24) is 0 Å². The molecule has 0 bridgehead atoms. The van der Waals surface area contributed by atoms with Crippen molar-refractivity contribution >= 4 is 14.3 Å². The molecule has 0 heterocycles. The van der Waals surface area contributed by atoms with Gasteiger partial charge in [-0.3, -0.25) is 4.79 Å². The highest BCUT2D eigenvalue weighted by atomic mass is 28.4. The first kappa shape index (κ1) is 14.1. The van der Waals surface area contributed by atoms with E-state index in [1.54, 1.807) is 0 Å². The maximum absolute atomic E-state index is 11.8. The molecule has 0 radical (unpaired) electrons. The van der Waals surface area contributed by atoms with Crippen LogP contribution in [-0.2, 0) is 14.0 Å². The molecule has 3 nitrogen and oxygen atoms in total. The summed E-state index contributed by atoms with van der Waals surface area (Å²) in [6, 6.07) is 0. The van der Waals surface area contributed by atoms with Gasteiger partial charge < -0.3 is 9.16 Å². The molecule has 4 heteroatoms. The Hall–Kier alpha value is -0.353. The fourth-order valence-corrected chi connectivity index (χ4v) is 4.33. The summed E-state index contributed by atoms with van der Waals surface area (Å²) >= 11 is 0. The molecule has 2 aliphatic rings. The lowest BCUT2D eigenvalue weighted by Crippen LogP contribution is -2.43. The number of carbonyl (C=O) groups excluding carboxylic acids is 1. The van der Waals surface area contributed by atoms with Crippen molar-refractivity contribution in [3.8, 4) is 0 Å². The molecule has 2 rings (SSSR count). The molecule has 2 fully saturated rings. The van der Waals surface area contributed by atoms with E-state index in [0.717, 1.165) is 19.3 Å². The number of hydrogen-bond acceptors (Lipinski definition) is 3. The Morgan fingerprint density at radius 2 is 1.89 bits per heavy atom. The Balaban J connectivity index is 1.98. The van der Waals surface area contributed by atoms with Gasteiger partial charge >= 0.3 is 5.97 Å². The Morgan fingerprint density at radius 3 is 2.39 bits per heavy atom. The minimum absolute atomic E-state index is 0.0196. The second kappa shape index (κ2) is 4.07. The zero-order valence-corrected chi connectivity index (χ0v) is 13.5. The maximum Gasteiger partial charge on any atom is 0.312 e. The number of rotatable bonds is 3. The molecular formula is C14H26O3Si. The number of esters is 1. The quantitative estimate of drug-likeness (QED) is 0.583. The Morgan fingerprint density at radius 1 is 1.28 bits per heavy atom. The largest absolute Gasteiger partial charge is 0.469 e. The van der Waals surface area contributed by atoms with Crippen LogP contribution in [0.1, 0.15) is 40.0 Å². The number of hydrogen-bond donors (Lipinski definition) is 0. The topological polar surface area (TPSA) is 35.5 Å². The van der Waals surface area contributed by atoms with E-state index in [0.29, 0.717) is 5.92 Å². The molecule has 0 amide bonds. The molecular weight excluding hydrogens is 244 g/mol. The van der Waals surface area contributed by atoms with Crippen LogP contribution in [0.3, 0.4) is 0 Å². The van der Waals surface area contributed by atoms with Gasteiger partial charge in [-0.15, -0.1) is 0 Å². The third kappa shape index (κ3) is 2.14. The summed E-state index contributed by atoms with van der Waals surface area (Å²) in [5.74, 6) is 0.494. The average molecular weight is 270 g/mol. The third-order valence-corrected chi connectivity index (χ3v) is 9.77. The van der Waals surface area contributed by atoms with E-state index in [9.17, 15) is 4.79 Å². The van der Waals surface area contributed by atoms with Gasteiger partial charge in [0.15, 0.2) is 8.32 Å². The first-order chi connectivity index (χ1) is 8.12. The van der Waals surface area contributed by atoms with E-state index in [1.165, 1.54) is 7.11 Å². The van der Waals surface area contributed by atoms with Crippen molar-refractivity contribution in [1.29, 1.82) is 0 Å². The van der Waals surface area contributed by atoms with Gasteiger partial charge in [-0.2, -0.15) is 0 Å². The molecule has 0 N–H and O–H groups in total. The molecule has 0 aliphatic heterocycles. The second-order valence-electron chi connectivity index (χ2n) is 7.49. The van der Waals surface area contributed by atoms with Crippen LogP contribution < -0.4 is 0 Å². The summed E-state index contributed by atoms with van der Waals surface area (Å²) in [6.07, 6.45) is 3.19. The SMILES string of the molecule is COC(=O)[C@@]12C[C@@H](O[Si](C)(C)C(C)(C)C)C[C@@H]1C2. The van der Waals surface area contributed by atoms with Crippen LogP contribution in [0.15, 0.2) is 0 Å². The summed E-state index contributed by atoms with van der Waals surface area (Å²) in [5, 5.41) is 0.234. The standard InChI is InChI=1S/C14H26O3Si/c1-13(2,3)18(5,6)17-11-7-10-8-14(10,9-11)12(15)16-4/h10-11H,7-9H2,1-6H3/t10-,11+,14+/m1/s1. The molecule has 0 unspecified atom stereocenters. The lowest BCUT2D eigenvalue weighted by atomic mass is 10.0. The zero-order valence-electron chi connectivity index (χ0n) is 12.5. The summed E-state index contributed by atoms with van der Waals surface area (Å²) in [5.41, 5.74) is -0.179.